The van der Waals surface area contributed by atoms with E-state index >= 15 is 0 Å². The van der Waals surface area contributed by atoms with Crippen molar-refractivity contribution in [3.8, 4) is 11.3 Å². The molecule has 2 aromatic rings. The number of aromatic amines is 1. The fraction of sp³-hybridized carbons (Fsp3) is 0.308. The third-order valence-electron chi connectivity index (χ3n) is 3.24. The maximum atomic E-state index is 5.64. The van der Waals surface area contributed by atoms with Crippen LogP contribution in [0.2, 0.25) is 0 Å². The maximum Gasteiger partial charge on any atom is 0.119 e. The van der Waals surface area contributed by atoms with Crippen LogP contribution in [0.4, 0.5) is 5.82 Å². The van der Waals surface area contributed by atoms with Gasteiger partial charge in [0.2, 0.25) is 0 Å². The summed E-state index contributed by atoms with van der Waals surface area (Å²) < 4.78 is 0. The summed E-state index contributed by atoms with van der Waals surface area (Å²) in [6.07, 6.45) is 5.04. The topological polar surface area (TPSA) is 54.7 Å². The van der Waals surface area contributed by atoms with Gasteiger partial charge < -0.3 is 5.73 Å². The van der Waals surface area contributed by atoms with Crippen molar-refractivity contribution in [2.24, 2.45) is 0 Å². The van der Waals surface area contributed by atoms with E-state index in [2.05, 4.69) is 28.4 Å². The molecule has 0 bridgehead atoms. The van der Waals surface area contributed by atoms with E-state index in [1.807, 2.05) is 6.07 Å². The highest BCUT2D eigenvalue weighted by atomic mass is 15.2. The number of benzene rings is 1. The Balaban J connectivity index is 2.02. The lowest BCUT2D eigenvalue weighted by molar-refractivity contribution is 0.686. The average Bonchev–Trinajstić information content (AvgIpc) is 2.75. The van der Waals surface area contributed by atoms with Gasteiger partial charge in [-0.15, -0.1) is 0 Å². The van der Waals surface area contributed by atoms with Crippen molar-refractivity contribution in [1.29, 1.82) is 0 Å². The summed E-state index contributed by atoms with van der Waals surface area (Å²) in [4.78, 5) is 0. The SMILES string of the molecule is Nc1cc(-c2ccc3c(c2)CCCC3)n[nH]1. The molecule has 1 aromatic heterocycles. The molecule has 1 aromatic carbocycles. The predicted octanol–water partition coefficient (Wildman–Crippen LogP) is 2.54. The van der Waals surface area contributed by atoms with E-state index in [9.17, 15) is 0 Å². The number of H-pyrrole nitrogens is 1. The van der Waals surface area contributed by atoms with E-state index in [4.69, 9.17) is 5.73 Å². The van der Waals surface area contributed by atoms with Gasteiger partial charge in [-0.25, -0.2) is 0 Å². The normalized spacial score (nSPS) is 14.8. The zero-order valence-electron chi connectivity index (χ0n) is 9.16. The number of nitrogen functional groups attached to an aromatic ring is 1. The number of aromatic nitrogens is 2. The minimum absolute atomic E-state index is 0.618. The molecular weight excluding hydrogens is 198 g/mol. The van der Waals surface area contributed by atoms with E-state index in [0.29, 0.717) is 5.82 Å². The van der Waals surface area contributed by atoms with Crippen LogP contribution in [0.25, 0.3) is 11.3 Å². The van der Waals surface area contributed by atoms with Gasteiger partial charge in [0.1, 0.15) is 5.82 Å². The Morgan fingerprint density at radius 2 is 1.88 bits per heavy atom. The van der Waals surface area contributed by atoms with Crippen LogP contribution in [0.15, 0.2) is 24.3 Å². The highest BCUT2D eigenvalue weighted by Crippen LogP contribution is 2.26. The van der Waals surface area contributed by atoms with Gasteiger partial charge >= 0.3 is 0 Å². The number of hydrogen-bond donors (Lipinski definition) is 2. The lowest BCUT2D eigenvalue weighted by atomic mass is 9.90. The Kier molecular flexibility index (Phi) is 2.17. The van der Waals surface area contributed by atoms with E-state index in [1.165, 1.54) is 36.8 Å². The molecule has 0 saturated heterocycles. The van der Waals surface area contributed by atoms with Crippen LogP contribution in [0.1, 0.15) is 24.0 Å². The minimum atomic E-state index is 0.618. The monoisotopic (exact) mass is 213 g/mol. The summed E-state index contributed by atoms with van der Waals surface area (Å²) in [5, 5.41) is 6.96. The molecule has 0 amide bonds. The zero-order chi connectivity index (χ0) is 11.0. The number of fused-ring (bicyclic) bond motifs is 1. The number of anilines is 1. The fourth-order valence-electron chi connectivity index (χ4n) is 2.38. The Morgan fingerprint density at radius 1 is 1.06 bits per heavy atom. The molecule has 3 heteroatoms. The molecular formula is C13H15N3. The molecule has 3 rings (SSSR count). The highest BCUT2D eigenvalue weighted by molar-refractivity contribution is 5.63. The Labute approximate surface area is 94.7 Å². The number of aryl methyl sites for hydroxylation is 2. The van der Waals surface area contributed by atoms with Gasteiger partial charge in [-0.1, -0.05) is 12.1 Å². The smallest absolute Gasteiger partial charge is 0.119 e. The van der Waals surface area contributed by atoms with Crippen molar-refractivity contribution in [2.75, 3.05) is 5.73 Å². The van der Waals surface area contributed by atoms with Crippen molar-refractivity contribution < 1.29 is 0 Å². The third kappa shape index (κ3) is 1.58. The van der Waals surface area contributed by atoms with Crippen LogP contribution in [0.5, 0.6) is 0 Å². The molecule has 0 aliphatic heterocycles. The summed E-state index contributed by atoms with van der Waals surface area (Å²) in [7, 11) is 0. The van der Waals surface area contributed by atoms with Gasteiger partial charge in [-0.2, -0.15) is 5.10 Å². The standard InChI is InChI=1S/C13H15N3/c14-13-8-12(15-16-13)11-6-5-9-3-1-2-4-10(9)7-11/h5-8H,1-4H2,(H3,14,15,16). The Morgan fingerprint density at radius 3 is 2.62 bits per heavy atom. The first-order chi connectivity index (χ1) is 7.83. The summed E-state index contributed by atoms with van der Waals surface area (Å²) in [5.41, 5.74) is 10.7. The molecule has 1 heterocycles. The number of rotatable bonds is 1. The first-order valence-electron chi connectivity index (χ1n) is 5.76. The molecule has 0 spiro atoms. The summed E-state index contributed by atoms with van der Waals surface area (Å²) >= 11 is 0. The predicted molar refractivity (Wildman–Crippen MR) is 65.1 cm³/mol. The van der Waals surface area contributed by atoms with E-state index in [-0.39, 0.29) is 0 Å². The van der Waals surface area contributed by atoms with Gasteiger partial charge in [-0.3, -0.25) is 5.10 Å². The quantitative estimate of drug-likeness (QED) is 0.764. The Hall–Kier alpha value is -1.77. The van der Waals surface area contributed by atoms with Gasteiger partial charge in [0.15, 0.2) is 0 Å². The molecule has 1 aliphatic rings. The number of hydrogen-bond acceptors (Lipinski definition) is 2. The second-order valence-corrected chi connectivity index (χ2v) is 4.40. The molecule has 82 valence electrons. The number of nitrogens with zero attached hydrogens (tertiary/aromatic N) is 1. The summed E-state index contributed by atoms with van der Waals surface area (Å²) in [6, 6.07) is 8.50. The molecule has 0 atom stereocenters. The largest absolute Gasteiger partial charge is 0.384 e. The maximum absolute atomic E-state index is 5.64. The van der Waals surface area contributed by atoms with E-state index < -0.39 is 0 Å². The minimum Gasteiger partial charge on any atom is -0.384 e. The van der Waals surface area contributed by atoms with Crippen LogP contribution in [0, 0.1) is 0 Å². The first-order valence-corrected chi connectivity index (χ1v) is 5.76. The van der Waals surface area contributed by atoms with Gasteiger partial charge in [0.25, 0.3) is 0 Å². The molecule has 0 unspecified atom stereocenters. The molecule has 0 saturated carbocycles. The second-order valence-electron chi connectivity index (χ2n) is 4.40. The van der Waals surface area contributed by atoms with Crippen molar-refractivity contribution in [3.63, 3.8) is 0 Å². The van der Waals surface area contributed by atoms with E-state index in [0.717, 1.165) is 11.3 Å². The lowest BCUT2D eigenvalue weighted by Gasteiger charge is -2.15. The average molecular weight is 213 g/mol. The van der Waals surface area contributed by atoms with Crippen LogP contribution < -0.4 is 5.73 Å². The lowest BCUT2D eigenvalue weighted by Crippen LogP contribution is -2.02. The number of nitrogens with two attached hydrogens (primary N) is 1. The summed E-state index contributed by atoms with van der Waals surface area (Å²) in [5.74, 6) is 0.618. The summed E-state index contributed by atoms with van der Waals surface area (Å²) in [6.45, 7) is 0. The van der Waals surface area contributed by atoms with Gasteiger partial charge in [0, 0.05) is 11.6 Å². The van der Waals surface area contributed by atoms with Crippen LogP contribution in [0.3, 0.4) is 0 Å². The molecule has 0 fully saturated rings. The van der Waals surface area contributed by atoms with Crippen molar-refractivity contribution >= 4 is 5.82 Å². The van der Waals surface area contributed by atoms with Crippen LogP contribution >= 0.6 is 0 Å². The van der Waals surface area contributed by atoms with Gasteiger partial charge in [0.05, 0.1) is 5.69 Å². The van der Waals surface area contributed by atoms with Crippen molar-refractivity contribution in [3.05, 3.63) is 35.4 Å². The van der Waals surface area contributed by atoms with Crippen molar-refractivity contribution in [1.82, 2.24) is 10.2 Å². The van der Waals surface area contributed by atoms with Crippen LogP contribution in [-0.4, -0.2) is 10.2 Å². The van der Waals surface area contributed by atoms with Crippen LogP contribution in [-0.2, 0) is 12.8 Å². The van der Waals surface area contributed by atoms with Crippen molar-refractivity contribution in [2.45, 2.75) is 25.7 Å². The van der Waals surface area contributed by atoms with Gasteiger partial charge in [-0.05, 0) is 42.9 Å². The zero-order valence-corrected chi connectivity index (χ0v) is 9.16. The third-order valence-corrected chi connectivity index (χ3v) is 3.24. The fourth-order valence-corrected chi connectivity index (χ4v) is 2.38. The molecule has 3 N–H and O–H groups in total. The molecule has 3 nitrogen and oxygen atoms in total. The molecule has 0 radical (unpaired) electrons. The first kappa shape index (κ1) is 9.46. The second kappa shape index (κ2) is 3.67. The highest BCUT2D eigenvalue weighted by Gasteiger charge is 2.11. The molecule has 1 aliphatic carbocycles. The number of nitrogens with one attached hydrogen (secondary N) is 1. The molecule has 16 heavy (non-hydrogen) atoms. The Bertz CT molecular complexity index is 514. The van der Waals surface area contributed by atoms with E-state index in [1.54, 1.807) is 0 Å².